The van der Waals surface area contributed by atoms with E-state index in [4.69, 9.17) is 15.0 Å². The number of aromatic nitrogens is 2. The van der Waals surface area contributed by atoms with E-state index in [1.165, 1.54) is 5.56 Å². The Morgan fingerprint density at radius 1 is 1.44 bits per heavy atom. The number of ether oxygens (including phenoxy) is 1. The van der Waals surface area contributed by atoms with Crippen molar-refractivity contribution in [2.24, 2.45) is 0 Å². The largest absolute Gasteiger partial charge is 0.493 e. The standard InChI is InChI=1S/C11H13N3O2/c1-8-3-2-4-9(7-8)15-6-5-10-13-11(12)14-16-10/h2-4,7H,5-6H2,1H3,(H2,12,14). The van der Waals surface area contributed by atoms with Crippen molar-refractivity contribution >= 4 is 5.95 Å². The Balaban J connectivity index is 1.84. The Bertz CT molecular complexity index is 468. The minimum absolute atomic E-state index is 0.158. The molecule has 5 nitrogen and oxygen atoms in total. The van der Waals surface area contributed by atoms with E-state index in [0.717, 1.165) is 5.75 Å². The number of anilines is 1. The Hall–Kier alpha value is -2.04. The van der Waals surface area contributed by atoms with E-state index >= 15 is 0 Å². The number of nitrogens with zero attached hydrogens (tertiary/aromatic N) is 2. The van der Waals surface area contributed by atoms with Gasteiger partial charge in [0.2, 0.25) is 5.89 Å². The van der Waals surface area contributed by atoms with Crippen LogP contribution in [-0.2, 0) is 6.42 Å². The molecule has 1 aromatic heterocycles. The maximum absolute atomic E-state index is 5.53. The molecule has 0 saturated carbocycles. The second kappa shape index (κ2) is 4.65. The van der Waals surface area contributed by atoms with E-state index in [1.807, 2.05) is 31.2 Å². The van der Waals surface area contributed by atoms with Crippen molar-refractivity contribution in [1.82, 2.24) is 10.1 Å². The Morgan fingerprint density at radius 2 is 2.31 bits per heavy atom. The van der Waals surface area contributed by atoms with Crippen LogP contribution >= 0.6 is 0 Å². The molecule has 0 spiro atoms. The van der Waals surface area contributed by atoms with Gasteiger partial charge in [0.05, 0.1) is 13.0 Å². The molecule has 0 aliphatic carbocycles. The van der Waals surface area contributed by atoms with Gasteiger partial charge in [-0.15, -0.1) is 0 Å². The molecule has 0 radical (unpaired) electrons. The van der Waals surface area contributed by atoms with Gasteiger partial charge in [-0.1, -0.05) is 12.1 Å². The highest BCUT2D eigenvalue weighted by molar-refractivity contribution is 5.27. The SMILES string of the molecule is Cc1cccc(OCCc2nc(N)no2)c1. The molecule has 0 amide bonds. The highest BCUT2D eigenvalue weighted by Gasteiger charge is 2.03. The van der Waals surface area contributed by atoms with E-state index in [1.54, 1.807) is 0 Å². The fraction of sp³-hybridized carbons (Fsp3) is 0.273. The molecule has 0 aliphatic rings. The monoisotopic (exact) mass is 219 g/mol. The Kier molecular flexibility index (Phi) is 3.05. The highest BCUT2D eigenvalue weighted by Crippen LogP contribution is 2.12. The van der Waals surface area contributed by atoms with Crippen LogP contribution in [0.4, 0.5) is 5.95 Å². The lowest BCUT2D eigenvalue weighted by atomic mass is 10.2. The maximum atomic E-state index is 5.53. The van der Waals surface area contributed by atoms with Crippen LogP contribution in [0.1, 0.15) is 11.5 Å². The fourth-order valence-electron chi connectivity index (χ4n) is 1.33. The summed E-state index contributed by atoms with van der Waals surface area (Å²) in [6.07, 6.45) is 0.554. The molecule has 0 unspecified atom stereocenters. The number of rotatable bonds is 4. The lowest BCUT2D eigenvalue weighted by molar-refractivity contribution is 0.292. The average molecular weight is 219 g/mol. The van der Waals surface area contributed by atoms with E-state index < -0.39 is 0 Å². The summed E-state index contributed by atoms with van der Waals surface area (Å²) in [4.78, 5) is 3.88. The molecule has 16 heavy (non-hydrogen) atoms. The van der Waals surface area contributed by atoms with Crippen LogP contribution in [0, 0.1) is 6.92 Å². The van der Waals surface area contributed by atoms with Gasteiger partial charge in [0.15, 0.2) is 0 Å². The van der Waals surface area contributed by atoms with Gasteiger partial charge >= 0.3 is 0 Å². The first kappa shape index (κ1) is 10.5. The van der Waals surface area contributed by atoms with Gasteiger partial charge in [-0.25, -0.2) is 0 Å². The van der Waals surface area contributed by atoms with Gasteiger partial charge in [0.1, 0.15) is 5.75 Å². The quantitative estimate of drug-likeness (QED) is 0.845. The molecule has 0 bridgehead atoms. The first-order valence-corrected chi connectivity index (χ1v) is 5.01. The fourth-order valence-corrected chi connectivity index (χ4v) is 1.33. The summed E-state index contributed by atoms with van der Waals surface area (Å²) in [7, 11) is 0. The second-order valence-corrected chi connectivity index (χ2v) is 3.46. The van der Waals surface area contributed by atoms with Crippen molar-refractivity contribution in [3.05, 3.63) is 35.7 Å². The molecule has 0 atom stereocenters. The zero-order chi connectivity index (χ0) is 11.4. The zero-order valence-electron chi connectivity index (χ0n) is 9.01. The van der Waals surface area contributed by atoms with Crippen molar-refractivity contribution in [1.29, 1.82) is 0 Å². The molecule has 84 valence electrons. The minimum atomic E-state index is 0.158. The number of benzene rings is 1. The highest BCUT2D eigenvalue weighted by atomic mass is 16.5. The van der Waals surface area contributed by atoms with Crippen molar-refractivity contribution in [2.45, 2.75) is 13.3 Å². The van der Waals surface area contributed by atoms with Crippen LogP contribution in [-0.4, -0.2) is 16.7 Å². The van der Waals surface area contributed by atoms with Crippen LogP contribution in [0.15, 0.2) is 28.8 Å². The Labute approximate surface area is 93.2 Å². The van der Waals surface area contributed by atoms with Crippen molar-refractivity contribution in [2.75, 3.05) is 12.3 Å². The lowest BCUT2D eigenvalue weighted by Crippen LogP contribution is -2.01. The van der Waals surface area contributed by atoms with Gasteiger partial charge in [-0.2, -0.15) is 4.98 Å². The van der Waals surface area contributed by atoms with Crippen LogP contribution < -0.4 is 10.5 Å². The molecule has 5 heteroatoms. The number of nitrogen functional groups attached to an aromatic ring is 1. The van der Waals surface area contributed by atoms with E-state index in [0.29, 0.717) is 18.9 Å². The molecule has 1 heterocycles. The second-order valence-electron chi connectivity index (χ2n) is 3.46. The molecule has 0 fully saturated rings. The summed E-state index contributed by atoms with van der Waals surface area (Å²) in [5.74, 6) is 1.49. The number of hydrogen-bond acceptors (Lipinski definition) is 5. The van der Waals surface area contributed by atoms with Crippen molar-refractivity contribution in [3.63, 3.8) is 0 Å². The minimum Gasteiger partial charge on any atom is -0.493 e. The molecule has 2 rings (SSSR count). The molecule has 2 N–H and O–H groups in total. The van der Waals surface area contributed by atoms with Gasteiger partial charge in [0.25, 0.3) is 5.95 Å². The van der Waals surface area contributed by atoms with E-state index in [-0.39, 0.29) is 5.95 Å². The number of aryl methyl sites for hydroxylation is 1. The first-order chi connectivity index (χ1) is 7.74. The molecule has 0 aliphatic heterocycles. The van der Waals surface area contributed by atoms with Gasteiger partial charge in [-0.3, -0.25) is 0 Å². The first-order valence-electron chi connectivity index (χ1n) is 5.01. The molecular weight excluding hydrogens is 206 g/mol. The van der Waals surface area contributed by atoms with Crippen LogP contribution in [0.2, 0.25) is 0 Å². The topological polar surface area (TPSA) is 74.2 Å². The van der Waals surface area contributed by atoms with Crippen molar-refractivity contribution in [3.8, 4) is 5.75 Å². The molecule has 0 saturated heterocycles. The van der Waals surface area contributed by atoms with Crippen LogP contribution in [0.3, 0.4) is 0 Å². The summed E-state index contributed by atoms with van der Waals surface area (Å²) < 4.78 is 10.4. The van der Waals surface area contributed by atoms with Gasteiger partial charge < -0.3 is 15.0 Å². The summed E-state index contributed by atoms with van der Waals surface area (Å²) in [6.45, 7) is 2.51. The molecular formula is C11H13N3O2. The van der Waals surface area contributed by atoms with Crippen LogP contribution in [0.5, 0.6) is 5.75 Å². The third kappa shape index (κ3) is 2.73. The third-order valence-corrected chi connectivity index (χ3v) is 2.06. The predicted molar refractivity (Wildman–Crippen MR) is 59.1 cm³/mol. The van der Waals surface area contributed by atoms with Crippen molar-refractivity contribution < 1.29 is 9.26 Å². The predicted octanol–water partition coefficient (Wildman–Crippen LogP) is 1.58. The lowest BCUT2D eigenvalue weighted by Gasteiger charge is -2.04. The number of hydrogen-bond donors (Lipinski definition) is 1. The van der Waals surface area contributed by atoms with Crippen LogP contribution in [0.25, 0.3) is 0 Å². The van der Waals surface area contributed by atoms with E-state index in [2.05, 4.69) is 10.1 Å². The number of nitrogens with two attached hydrogens (primary N) is 1. The third-order valence-electron chi connectivity index (χ3n) is 2.06. The maximum Gasteiger partial charge on any atom is 0.260 e. The summed E-state index contributed by atoms with van der Waals surface area (Å²) in [5.41, 5.74) is 6.49. The van der Waals surface area contributed by atoms with Gasteiger partial charge in [-0.05, 0) is 29.8 Å². The smallest absolute Gasteiger partial charge is 0.260 e. The molecule has 2 aromatic rings. The summed E-state index contributed by atoms with van der Waals surface area (Å²) >= 11 is 0. The normalized spacial score (nSPS) is 10.3. The summed E-state index contributed by atoms with van der Waals surface area (Å²) in [6, 6.07) is 7.86. The van der Waals surface area contributed by atoms with E-state index in [9.17, 15) is 0 Å². The Morgan fingerprint density at radius 3 is 3.00 bits per heavy atom. The van der Waals surface area contributed by atoms with Gasteiger partial charge in [0, 0.05) is 0 Å². The summed E-state index contributed by atoms with van der Waals surface area (Å²) in [5, 5.41) is 3.49. The molecule has 1 aromatic carbocycles. The zero-order valence-corrected chi connectivity index (χ0v) is 9.01. The average Bonchev–Trinajstić information content (AvgIpc) is 2.64.